The number of nitriles is 1. The first-order valence-electron chi connectivity index (χ1n) is 8.50. The van der Waals surface area contributed by atoms with Gasteiger partial charge in [0.15, 0.2) is 0 Å². The van der Waals surface area contributed by atoms with Gasteiger partial charge in [-0.05, 0) is 38.1 Å². The highest BCUT2D eigenvalue weighted by Crippen LogP contribution is 2.38. The molecule has 0 aromatic heterocycles. The van der Waals surface area contributed by atoms with Crippen molar-refractivity contribution in [3.63, 3.8) is 0 Å². The lowest BCUT2D eigenvalue weighted by Crippen LogP contribution is -2.30. The van der Waals surface area contributed by atoms with Gasteiger partial charge in [-0.3, -0.25) is 5.01 Å². The van der Waals surface area contributed by atoms with Gasteiger partial charge in [0.2, 0.25) is 11.4 Å². The standard InChI is InChI=1S/C20H24N3O.CHNS/c1-20(2)17-8-6-7-9-18(17)22(3)19(20)14-21-23(4)15-10-12-16(24-5)13-11-15;2-1-3/h6-14H,1-5H3;3H/q+1;/p-1. The van der Waals surface area contributed by atoms with E-state index in [1.54, 1.807) is 7.11 Å². The summed E-state index contributed by atoms with van der Waals surface area (Å²) in [4.78, 5) is 0. The molecule has 1 aliphatic rings. The molecule has 0 radical (unpaired) electrons. The number of anilines is 1. The summed E-state index contributed by atoms with van der Waals surface area (Å²) in [5.74, 6) is 0.845. The van der Waals surface area contributed by atoms with E-state index in [0.29, 0.717) is 0 Å². The summed E-state index contributed by atoms with van der Waals surface area (Å²) in [6.07, 6.45) is 1.96. The molecule has 0 saturated carbocycles. The van der Waals surface area contributed by atoms with Gasteiger partial charge in [-0.25, -0.2) is 5.26 Å². The summed E-state index contributed by atoms with van der Waals surface area (Å²) in [7, 11) is 5.72. The van der Waals surface area contributed by atoms with Crippen LogP contribution in [0.1, 0.15) is 19.4 Å². The molecular formula is C21H24N4OS. The molecule has 0 N–H and O–H groups in total. The molecule has 140 valence electrons. The number of rotatable bonds is 4. The van der Waals surface area contributed by atoms with E-state index in [-0.39, 0.29) is 5.41 Å². The summed E-state index contributed by atoms with van der Waals surface area (Å²) >= 11 is 3.70. The number of para-hydroxylation sites is 1. The zero-order valence-corrected chi connectivity index (χ0v) is 17.1. The molecule has 1 heterocycles. The first-order valence-corrected chi connectivity index (χ1v) is 8.91. The Morgan fingerprint density at radius 3 is 2.33 bits per heavy atom. The number of methoxy groups -OCH3 is 1. The number of thiocyanates is 1. The van der Waals surface area contributed by atoms with Gasteiger partial charge in [-0.1, -0.05) is 23.6 Å². The maximum atomic E-state index is 7.13. The lowest BCUT2D eigenvalue weighted by atomic mass is 9.82. The van der Waals surface area contributed by atoms with Crippen molar-refractivity contribution >= 4 is 35.9 Å². The largest absolute Gasteiger partial charge is 0.696 e. The second-order valence-corrected chi connectivity index (χ2v) is 6.83. The molecule has 0 unspecified atom stereocenters. The van der Waals surface area contributed by atoms with Crippen molar-refractivity contribution in [2.24, 2.45) is 5.10 Å². The van der Waals surface area contributed by atoms with Crippen molar-refractivity contribution in [3.8, 4) is 11.2 Å². The first-order chi connectivity index (χ1) is 12.9. The lowest BCUT2D eigenvalue weighted by molar-refractivity contribution is -0.400. The second-order valence-electron chi connectivity index (χ2n) is 6.64. The first kappa shape index (κ1) is 20.4. The normalized spacial score (nSPS) is 14.2. The summed E-state index contributed by atoms with van der Waals surface area (Å²) in [5, 5.41) is 15.0. The minimum absolute atomic E-state index is 0.0599. The van der Waals surface area contributed by atoms with Crippen LogP contribution in [-0.2, 0) is 18.0 Å². The third kappa shape index (κ3) is 4.26. The number of ether oxygens (including phenoxy) is 1. The van der Waals surface area contributed by atoms with Crippen LogP contribution in [0.5, 0.6) is 5.75 Å². The van der Waals surface area contributed by atoms with E-state index in [2.05, 4.69) is 67.5 Å². The van der Waals surface area contributed by atoms with Gasteiger partial charge in [0.1, 0.15) is 19.0 Å². The number of benzene rings is 2. The number of hydrogen-bond acceptors (Lipinski definition) is 5. The average molecular weight is 381 g/mol. The molecule has 0 aliphatic carbocycles. The molecule has 2 aromatic rings. The van der Waals surface area contributed by atoms with E-state index in [0.717, 1.165) is 11.4 Å². The quantitative estimate of drug-likeness (QED) is 0.266. The van der Waals surface area contributed by atoms with Crippen molar-refractivity contribution in [1.82, 2.24) is 0 Å². The molecule has 0 atom stereocenters. The Labute approximate surface area is 166 Å². The third-order valence-electron chi connectivity index (χ3n) is 4.74. The molecule has 0 saturated heterocycles. The topological polar surface area (TPSA) is 51.6 Å². The van der Waals surface area contributed by atoms with Gasteiger partial charge in [0.25, 0.3) is 0 Å². The van der Waals surface area contributed by atoms with Gasteiger partial charge < -0.3 is 17.4 Å². The lowest BCUT2D eigenvalue weighted by Gasteiger charge is -2.16. The zero-order valence-electron chi connectivity index (χ0n) is 16.3. The van der Waals surface area contributed by atoms with Gasteiger partial charge in [-0.2, -0.15) is 9.68 Å². The highest BCUT2D eigenvalue weighted by Gasteiger charge is 2.43. The fraction of sp³-hybridized carbons (Fsp3) is 0.286. The second kappa shape index (κ2) is 8.65. The molecule has 5 nitrogen and oxygen atoms in total. The van der Waals surface area contributed by atoms with Gasteiger partial charge >= 0.3 is 0 Å². The number of hydrazone groups is 1. The van der Waals surface area contributed by atoms with E-state index in [9.17, 15) is 0 Å². The Bertz CT molecular complexity index is 895. The van der Waals surface area contributed by atoms with Crippen LogP contribution in [-0.4, -0.2) is 37.7 Å². The zero-order chi connectivity index (χ0) is 20.0. The van der Waals surface area contributed by atoms with Gasteiger partial charge in [0, 0.05) is 18.7 Å². The smallest absolute Gasteiger partial charge is 0.212 e. The minimum Gasteiger partial charge on any atom is -0.696 e. The van der Waals surface area contributed by atoms with Crippen LogP contribution < -0.4 is 9.75 Å². The predicted molar refractivity (Wildman–Crippen MR) is 113 cm³/mol. The molecule has 0 bridgehead atoms. The van der Waals surface area contributed by atoms with Crippen molar-refractivity contribution in [1.29, 1.82) is 5.26 Å². The SMILES string of the molecule is COc1ccc(N(C)N=CC2=[N+](C)c3ccccc3C2(C)C)cc1.N#C[S-]. The predicted octanol–water partition coefficient (Wildman–Crippen LogP) is 3.84. The Morgan fingerprint density at radius 1 is 1.19 bits per heavy atom. The van der Waals surface area contributed by atoms with Crippen LogP contribution in [0.3, 0.4) is 0 Å². The van der Waals surface area contributed by atoms with Crippen LogP contribution in [0.4, 0.5) is 11.4 Å². The number of hydrogen-bond donors (Lipinski definition) is 0. The fourth-order valence-corrected chi connectivity index (χ4v) is 3.24. The fourth-order valence-electron chi connectivity index (χ4n) is 3.24. The van der Waals surface area contributed by atoms with E-state index in [4.69, 9.17) is 10.00 Å². The maximum absolute atomic E-state index is 7.13. The van der Waals surface area contributed by atoms with Crippen molar-refractivity contribution in [3.05, 3.63) is 54.1 Å². The highest BCUT2D eigenvalue weighted by atomic mass is 32.1. The van der Waals surface area contributed by atoms with E-state index in [1.807, 2.05) is 42.5 Å². The summed E-state index contributed by atoms with van der Waals surface area (Å²) in [5.41, 5.74) is 4.72. The van der Waals surface area contributed by atoms with Gasteiger partial charge in [0.05, 0.1) is 18.2 Å². The molecule has 1 aliphatic heterocycles. The summed E-state index contributed by atoms with van der Waals surface area (Å²) in [6, 6.07) is 16.4. The van der Waals surface area contributed by atoms with E-state index < -0.39 is 0 Å². The van der Waals surface area contributed by atoms with Crippen molar-refractivity contribution in [2.75, 3.05) is 26.2 Å². The molecular weight excluding hydrogens is 356 g/mol. The Kier molecular flexibility index (Phi) is 6.54. The van der Waals surface area contributed by atoms with E-state index in [1.165, 1.54) is 22.4 Å². The number of fused-ring (bicyclic) bond motifs is 1. The van der Waals surface area contributed by atoms with Crippen LogP contribution >= 0.6 is 0 Å². The summed E-state index contributed by atoms with van der Waals surface area (Å²) in [6.45, 7) is 4.48. The van der Waals surface area contributed by atoms with Gasteiger partial charge in [-0.15, -0.1) is 0 Å². The molecule has 6 heteroatoms. The average Bonchev–Trinajstić information content (AvgIpc) is 2.87. The monoisotopic (exact) mass is 380 g/mol. The molecule has 3 rings (SSSR count). The van der Waals surface area contributed by atoms with Crippen LogP contribution in [0.15, 0.2) is 53.6 Å². The molecule has 0 spiro atoms. The number of nitrogens with zero attached hydrogens (tertiary/aromatic N) is 4. The van der Waals surface area contributed by atoms with Crippen molar-refractivity contribution in [2.45, 2.75) is 19.3 Å². The maximum Gasteiger partial charge on any atom is 0.212 e. The Balaban J connectivity index is 0.000000817. The summed E-state index contributed by atoms with van der Waals surface area (Å²) < 4.78 is 7.42. The highest BCUT2D eigenvalue weighted by molar-refractivity contribution is 7.64. The van der Waals surface area contributed by atoms with Crippen molar-refractivity contribution < 1.29 is 9.31 Å². The molecule has 27 heavy (non-hydrogen) atoms. The van der Waals surface area contributed by atoms with Crippen LogP contribution in [0.25, 0.3) is 0 Å². The van der Waals surface area contributed by atoms with E-state index >= 15 is 0 Å². The van der Waals surface area contributed by atoms with Crippen LogP contribution in [0.2, 0.25) is 0 Å². The Morgan fingerprint density at radius 2 is 1.78 bits per heavy atom. The molecule has 2 aromatic carbocycles. The minimum atomic E-state index is -0.0599. The third-order valence-corrected chi connectivity index (χ3v) is 4.74. The molecule has 0 amide bonds. The molecule has 0 fully saturated rings. The van der Waals surface area contributed by atoms with Crippen LogP contribution in [0, 0.1) is 10.7 Å². The Hall–Kier alpha value is -2.91.